The lowest BCUT2D eigenvalue weighted by Crippen LogP contribution is -2.49. The summed E-state index contributed by atoms with van der Waals surface area (Å²) in [6.07, 6.45) is 6.17. The molecular formula is C24H28N4O2. The Morgan fingerprint density at radius 2 is 2.00 bits per heavy atom. The second-order valence-corrected chi connectivity index (χ2v) is 8.51. The quantitative estimate of drug-likeness (QED) is 0.737. The number of carbonyl (C=O) groups excluding carboxylic acids is 1. The van der Waals surface area contributed by atoms with Crippen molar-refractivity contribution in [2.45, 2.75) is 45.3 Å². The predicted molar refractivity (Wildman–Crippen MR) is 115 cm³/mol. The Labute approximate surface area is 177 Å². The number of hydrogen-bond donors (Lipinski definition) is 0. The Morgan fingerprint density at radius 3 is 2.80 bits per heavy atom. The molecule has 1 saturated heterocycles. The van der Waals surface area contributed by atoms with Gasteiger partial charge in [-0.15, -0.1) is 0 Å². The monoisotopic (exact) mass is 404 g/mol. The van der Waals surface area contributed by atoms with E-state index >= 15 is 0 Å². The third kappa shape index (κ3) is 3.29. The second kappa shape index (κ2) is 7.84. The molecule has 1 aromatic heterocycles. The lowest BCUT2D eigenvalue weighted by molar-refractivity contribution is -0.126. The molecule has 3 heterocycles. The van der Waals surface area contributed by atoms with E-state index in [2.05, 4.69) is 40.5 Å². The lowest BCUT2D eigenvalue weighted by atomic mass is 9.78. The SMILES string of the molecule is C=CC(=O)N1CCN(c2ncnc3c2CCC(c2c(C)ccc4c2COC4)C3)CC1. The Hall–Kier alpha value is -2.73. The van der Waals surface area contributed by atoms with Gasteiger partial charge in [-0.25, -0.2) is 9.97 Å². The first-order valence-electron chi connectivity index (χ1n) is 10.8. The fraction of sp³-hybridized carbons (Fsp3) is 0.458. The van der Waals surface area contributed by atoms with Crippen LogP contribution in [0.2, 0.25) is 0 Å². The normalized spacial score (nSPS) is 20.6. The van der Waals surface area contributed by atoms with Gasteiger partial charge in [0.15, 0.2) is 0 Å². The smallest absolute Gasteiger partial charge is 0.246 e. The predicted octanol–water partition coefficient (Wildman–Crippen LogP) is 2.92. The highest BCUT2D eigenvalue weighted by Gasteiger charge is 2.30. The Bertz CT molecular complexity index is 995. The number of amides is 1. The zero-order chi connectivity index (χ0) is 20.7. The Kier molecular flexibility index (Phi) is 5.03. The molecule has 6 heteroatoms. The number of piperazine rings is 1. The van der Waals surface area contributed by atoms with Crippen LogP contribution in [0.1, 0.15) is 45.8 Å². The van der Waals surface area contributed by atoms with Gasteiger partial charge in [-0.2, -0.15) is 0 Å². The number of benzene rings is 1. The summed E-state index contributed by atoms with van der Waals surface area (Å²) in [5.41, 5.74) is 8.06. The number of hydrogen-bond acceptors (Lipinski definition) is 5. The zero-order valence-electron chi connectivity index (χ0n) is 17.6. The van der Waals surface area contributed by atoms with E-state index in [-0.39, 0.29) is 5.91 Å². The molecule has 1 atom stereocenters. The minimum Gasteiger partial charge on any atom is -0.372 e. The first-order valence-corrected chi connectivity index (χ1v) is 10.8. The molecular weight excluding hydrogens is 376 g/mol. The van der Waals surface area contributed by atoms with Crippen LogP contribution < -0.4 is 4.90 Å². The van der Waals surface area contributed by atoms with E-state index < -0.39 is 0 Å². The maximum absolute atomic E-state index is 11.9. The summed E-state index contributed by atoms with van der Waals surface area (Å²) in [5.74, 6) is 1.55. The van der Waals surface area contributed by atoms with Crippen molar-refractivity contribution in [2.24, 2.45) is 0 Å². The van der Waals surface area contributed by atoms with E-state index in [0.29, 0.717) is 19.0 Å². The van der Waals surface area contributed by atoms with E-state index in [0.717, 1.165) is 51.4 Å². The molecule has 1 unspecified atom stereocenters. The molecule has 0 saturated carbocycles. The Balaban J connectivity index is 1.38. The summed E-state index contributed by atoms with van der Waals surface area (Å²) in [5, 5.41) is 0. The van der Waals surface area contributed by atoms with Gasteiger partial charge >= 0.3 is 0 Å². The van der Waals surface area contributed by atoms with Crippen LogP contribution in [0.3, 0.4) is 0 Å². The minimum absolute atomic E-state index is 0.0111. The minimum atomic E-state index is 0.0111. The fourth-order valence-electron chi connectivity index (χ4n) is 5.27. The highest BCUT2D eigenvalue weighted by molar-refractivity contribution is 5.87. The van der Waals surface area contributed by atoms with Crippen molar-refractivity contribution >= 4 is 11.7 Å². The van der Waals surface area contributed by atoms with Crippen LogP contribution >= 0.6 is 0 Å². The summed E-state index contributed by atoms with van der Waals surface area (Å²) in [6, 6.07) is 4.46. The molecule has 1 aromatic carbocycles. The van der Waals surface area contributed by atoms with Crippen LogP contribution in [0.25, 0.3) is 0 Å². The number of aryl methyl sites for hydroxylation is 1. The molecule has 0 bridgehead atoms. The van der Waals surface area contributed by atoms with Gasteiger partial charge in [0, 0.05) is 37.4 Å². The maximum Gasteiger partial charge on any atom is 0.246 e. The van der Waals surface area contributed by atoms with E-state index in [9.17, 15) is 4.79 Å². The van der Waals surface area contributed by atoms with Gasteiger partial charge in [0.2, 0.25) is 5.91 Å². The van der Waals surface area contributed by atoms with E-state index in [1.54, 1.807) is 6.33 Å². The van der Waals surface area contributed by atoms with Crippen LogP contribution in [0, 0.1) is 6.92 Å². The summed E-state index contributed by atoms with van der Waals surface area (Å²) in [4.78, 5) is 25.4. The zero-order valence-corrected chi connectivity index (χ0v) is 17.6. The first kappa shape index (κ1) is 19.2. The molecule has 0 N–H and O–H groups in total. The number of aromatic nitrogens is 2. The van der Waals surface area contributed by atoms with Crippen molar-refractivity contribution in [1.29, 1.82) is 0 Å². The largest absolute Gasteiger partial charge is 0.372 e. The average Bonchev–Trinajstić information content (AvgIpc) is 3.26. The van der Waals surface area contributed by atoms with E-state index in [4.69, 9.17) is 4.74 Å². The maximum atomic E-state index is 11.9. The third-order valence-corrected chi connectivity index (χ3v) is 6.84. The summed E-state index contributed by atoms with van der Waals surface area (Å²) < 4.78 is 5.74. The van der Waals surface area contributed by atoms with Gasteiger partial charge in [0.1, 0.15) is 12.1 Å². The van der Waals surface area contributed by atoms with Gasteiger partial charge in [-0.1, -0.05) is 18.7 Å². The second-order valence-electron chi connectivity index (χ2n) is 8.51. The van der Waals surface area contributed by atoms with Gasteiger partial charge < -0.3 is 14.5 Å². The fourth-order valence-corrected chi connectivity index (χ4v) is 5.27. The molecule has 1 aliphatic carbocycles. The number of carbonyl (C=O) groups is 1. The van der Waals surface area contributed by atoms with Crippen molar-refractivity contribution in [2.75, 3.05) is 31.1 Å². The summed E-state index contributed by atoms with van der Waals surface area (Å²) in [6.45, 7) is 10.3. The van der Waals surface area contributed by atoms with Crippen molar-refractivity contribution in [3.63, 3.8) is 0 Å². The van der Waals surface area contributed by atoms with Crippen molar-refractivity contribution in [3.05, 3.63) is 64.6 Å². The topological polar surface area (TPSA) is 58.6 Å². The molecule has 3 aliphatic rings. The molecule has 1 fully saturated rings. The molecule has 2 aliphatic heterocycles. The molecule has 0 spiro atoms. The number of ether oxygens (including phenoxy) is 1. The highest BCUT2D eigenvalue weighted by Crippen LogP contribution is 2.40. The highest BCUT2D eigenvalue weighted by atomic mass is 16.5. The average molecular weight is 405 g/mol. The molecule has 1 amide bonds. The van der Waals surface area contributed by atoms with Crippen LogP contribution in [0.5, 0.6) is 0 Å². The van der Waals surface area contributed by atoms with Crippen LogP contribution in [-0.4, -0.2) is 47.0 Å². The molecule has 6 nitrogen and oxygen atoms in total. The van der Waals surface area contributed by atoms with E-state index in [1.165, 1.54) is 39.6 Å². The molecule has 2 aromatic rings. The molecule has 30 heavy (non-hydrogen) atoms. The first-order chi connectivity index (χ1) is 14.7. The summed E-state index contributed by atoms with van der Waals surface area (Å²) >= 11 is 0. The van der Waals surface area contributed by atoms with Gasteiger partial charge in [-0.05, 0) is 60.4 Å². The Morgan fingerprint density at radius 1 is 1.17 bits per heavy atom. The standard InChI is InChI=1S/C24H28N4O2/c1-3-22(29)27-8-10-28(11-9-27)24-19-7-6-17(12-21(19)25-15-26-24)23-16(2)4-5-18-13-30-14-20(18)23/h3-5,15,17H,1,6-14H2,2H3. The van der Waals surface area contributed by atoms with Crippen molar-refractivity contribution in [3.8, 4) is 0 Å². The van der Waals surface area contributed by atoms with Gasteiger partial charge in [0.05, 0.1) is 13.2 Å². The van der Waals surface area contributed by atoms with Crippen LogP contribution in [-0.2, 0) is 35.6 Å². The molecule has 156 valence electrons. The van der Waals surface area contributed by atoms with Crippen molar-refractivity contribution in [1.82, 2.24) is 14.9 Å². The molecule has 5 rings (SSSR count). The number of rotatable bonds is 3. The number of anilines is 1. The lowest BCUT2D eigenvalue weighted by Gasteiger charge is -2.37. The third-order valence-electron chi connectivity index (χ3n) is 6.84. The van der Waals surface area contributed by atoms with Crippen molar-refractivity contribution < 1.29 is 9.53 Å². The number of nitrogens with zero attached hydrogens (tertiary/aromatic N) is 4. The van der Waals surface area contributed by atoms with Crippen LogP contribution in [0.4, 0.5) is 5.82 Å². The van der Waals surface area contributed by atoms with Gasteiger partial charge in [-0.3, -0.25) is 4.79 Å². The van der Waals surface area contributed by atoms with Gasteiger partial charge in [0.25, 0.3) is 0 Å². The summed E-state index contributed by atoms with van der Waals surface area (Å²) in [7, 11) is 0. The van der Waals surface area contributed by atoms with Crippen LogP contribution in [0.15, 0.2) is 31.1 Å². The molecule has 0 radical (unpaired) electrons. The number of fused-ring (bicyclic) bond motifs is 2. The van der Waals surface area contributed by atoms with E-state index in [1.807, 2.05) is 4.90 Å².